The molecule has 0 aromatic rings. The second-order valence-electron chi connectivity index (χ2n) is 7.67. The lowest BCUT2D eigenvalue weighted by Crippen LogP contribution is -2.32. The summed E-state index contributed by atoms with van der Waals surface area (Å²) in [5.74, 6) is -0.240. The Morgan fingerprint density at radius 1 is 0.720 bits per heavy atom. The number of hydrogen-bond acceptors (Lipinski definition) is 3. The molecule has 1 atom stereocenters. The molecule has 2 N–H and O–H groups in total. The Morgan fingerprint density at radius 2 is 1.08 bits per heavy atom. The SMILES string of the molecule is CCCCCCCCCC(CCCCCCCCC)OC(=O)[C@H](C)N. The average molecular weight is 356 g/mol. The number of carbonyl (C=O) groups excluding carboxylic acids is 1. The van der Waals surface area contributed by atoms with Gasteiger partial charge in [-0.05, 0) is 32.6 Å². The molecule has 25 heavy (non-hydrogen) atoms. The smallest absolute Gasteiger partial charge is 0.322 e. The first kappa shape index (κ1) is 24.4. The summed E-state index contributed by atoms with van der Waals surface area (Å²) in [7, 11) is 0. The molecule has 0 aromatic heterocycles. The van der Waals surface area contributed by atoms with E-state index in [4.69, 9.17) is 10.5 Å². The number of rotatable bonds is 18. The number of nitrogens with two attached hydrogens (primary N) is 1. The molecule has 0 saturated heterocycles. The van der Waals surface area contributed by atoms with Gasteiger partial charge >= 0.3 is 5.97 Å². The minimum absolute atomic E-state index is 0.0739. The van der Waals surface area contributed by atoms with Gasteiger partial charge in [-0.2, -0.15) is 0 Å². The van der Waals surface area contributed by atoms with E-state index in [1.54, 1.807) is 6.92 Å². The van der Waals surface area contributed by atoms with Crippen molar-refractivity contribution in [1.82, 2.24) is 0 Å². The molecule has 3 nitrogen and oxygen atoms in total. The van der Waals surface area contributed by atoms with Gasteiger partial charge < -0.3 is 10.5 Å². The van der Waals surface area contributed by atoms with Crippen molar-refractivity contribution in [2.75, 3.05) is 0 Å². The molecule has 0 bridgehead atoms. The Bertz CT molecular complexity index is 274. The molecular weight excluding hydrogens is 310 g/mol. The van der Waals surface area contributed by atoms with Gasteiger partial charge in [0.1, 0.15) is 12.1 Å². The highest BCUT2D eigenvalue weighted by atomic mass is 16.5. The molecule has 150 valence electrons. The predicted octanol–water partition coefficient (Wildman–Crippen LogP) is 6.53. The maximum atomic E-state index is 11.8. The summed E-state index contributed by atoms with van der Waals surface area (Å²) in [6.07, 6.45) is 20.3. The molecular formula is C22H45NO2. The van der Waals surface area contributed by atoms with E-state index >= 15 is 0 Å². The Kier molecular flexibility index (Phi) is 17.8. The largest absolute Gasteiger partial charge is 0.461 e. The lowest BCUT2D eigenvalue weighted by atomic mass is 10.0. The van der Waals surface area contributed by atoms with Gasteiger partial charge in [-0.3, -0.25) is 4.79 Å². The molecule has 3 heteroatoms. The zero-order valence-corrected chi connectivity index (χ0v) is 17.4. The summed E-state index contributed by atoms with van der Waals surface area (Å²) in [6, 6.07) is -0.509. The quantitative estimate of drug-likeness (QED) is 0.225. The fourth-order valence-corrected chi connectivity index (χ4v) is 3.19. The van der Waals surface area contributed by atoms with E-state index in [0.29, 0.717) is 0 Å². The molecule has 0 aliphatic heterocycles. The molecule has 0 heterocycles. The van der Waals surface area contributed by atoms with E-state index in [1.165, 1.54) is 89.9 Å². The van der Waals surface area contributed by atoms with Crippen molar-refractivity contribution in [3.8, 4) is 0 Å². The van der Waals surface area contributed by atoms with Gasteiger partial charge in [-0.25, -0.2) is 0 Å². The average Bonchev–Trinajstić information content (AvgIpc) is 2.59. The second-order valence-corrected chi connectivity index (χ2v) is 7.67. The summed E-state index contributed by atoms with van der Waals surface area (Å²) < 4.78 is 5.64. The third kappa shape index (κ3) is 16.6. The zero-order valence-electron chi connectivity index (χ0n) is 17.4. The van der Waals surface area contributed by atoms with Crippen LogP contribution in [0.5, 0.6) is 0 Å². The number of hydrogen-bond donors (Lipinski definition) is 1. The third-order valence-electron chi connectivity index (χ3n) is 4.91. The van der Waals surface area contributed by atoms with Crippen LogP contribution in [0.3, 0.4) is 0 Å². The maximum Gasteiger partial charge on any atom is 0.322 e. The molecule has 0 aliphatic carbocycles. The predicted molar refractivity (Wildman–Crippen MR) is 109 cm³/mol. The van der Waals surface area contributed by atoms with Crippen molar-refractivity contribution in [2.24, 2.45) is 5.73 Å². The molecule has 0 unspecified atom stereocenters. The van der Waals surface area contributed by atoms with Crippen molar-refractivity contribution in [1.29, 1.82) is 0 Å². The molecule has 0 aromatic carbocycles. The van der Waals surface area contributed by atoms with Gasteiger partial charge in [-0.15, -0.1) is 0 Å². The minimum Gasteiger partial charge on any atom is -0.461 e. The van der Waals surface area contributed by atoms with E-state index in [1.807, 2.05) is 0 Å². The van der Waals surface area contributed by atoms with Crippen LogP contribution in [0.15, 0.2) is 0 Å². The van der Waals surface area contributed by atoms with Crippen LogP contribution in [-0.4, -0.2) is 18.1 Å². The highest BCUT2D eigenvalue weighted by molar-refractivity contribution is 5.75. The van der Waals surface area contributed by atoms with Gasteiger partial charge in [0.2, 0.25) is 0 Å². The van der Waals surface area contributed by atoms with Crippen molar-refractivity contribution in [3.05, 3.63) is 0 Å². The summed E-state index contributed by atoms with van der Waals surface area (Å²) in [6.45, 7) is 6.21. The Morgan fingerprint density at radius 3 is 1.44 bits per heavy atom. The second kappa shape index (κ2) is 18.2. The van der Waals surface area contributed by atoms with Crippen molar-refractivity contribution < 1.29 is 9.53 Å². The Hall–Kier alpha value is -0.570. The fraction of sp³-hybridized carbons (Fsp3) is 0.955. The first-order valence-electron chi connectivity index (χ1n) is 11.1. The van der Waals surface area contributed by atoms with Gasteiger partial charge in [-0.1, -0.05) is 90.9 Å². The van der Waals surface area contributed by atoms with Crippen LogP contribution >= 0.6 is 0 Å². The van der Waals surface area contributed by atoms with Crippen LogP contribution in [0.25, 0.3) is 0 Å². The standard InChI is InChI=1S/C22H45NO2/c1-4-6-8-10-12-14-16-18-21(25-22(24)20(3)23)19-17-15-13-11-9-7-5-2/h20-21H,4-19,23H2,1-3H3/t20-/m0/s1. The normalized spacial score (nSPS) is 12.5. The van der Waals surface area contributed by atoms with Crippen molar-refractivity contribution >= 4 is 5.97 Å². The van der Waals surface area contributed by atoms with E-state index in [2.05, 4.69) is 13.8 Å². The van der Waals surface area contributed by atoms with E-state index < -0.39 is 6.04 Å². The van der Waals surface area contributed by atoms with Gasteiger partial charge in [0.15, 0.2) is 0 Å². The monoisotopic (exact) mass is 355 g/mol. The van der Waals surface area contributed by atoms with Crippen LogP contribution in [0, 0.1) is 0 Å². The first-order chi connectivity index (χ1) is 12.1. The van der Waals surface area contributed by atoms with Gasteiger partial charge in [0, 0.05) is 0 Å². The molecule has 0 spiro atoms. The van der Waals surface area contributed by atoms with Crippen LogP contribution < -0.4 is 5.73 Å². The van der Waals surface area contributed by atoms with E-state index in [0.717, 1.165) is 12.8 Å². The van der Waals surface area contributed by atoms with Crippen molar-refractivity contribution in [3.63, 3.8) is 0 Å². The number of unbranched alkanes of at least 4 members (excludes halogenated alkanes) is 12. The molecule has 0 aliphatic rings. The Labute approximate surface area is 157 Å². The van der Waals surface area contributed by atoms with Crippen molar-refractivity contribution in [2.45, 2.75) is 136 Å². The molecule has 0 radical (unpaired) electrons. The first-order valence-corrected chi connectivity index (χ1v) is 11.1. The van der Waals surface area contributed by atoms with Crippen LogP contribution in [-0.2, 0) is 9.53 Å². The Balaban J connectivity index is 3.88. The topological polar surface area (TPSA) is 52.3 Å². The zero-order chi connectivity index (χ0) is 18.8. The van der Waals surface area contributed by atoms with E-state index in [9.17, 15) is 4.79 Å². The summed E-state index contributed by atoms with van der Waals surface area (Å²) in [5.41, 5.74) is 5.66. The minimum atomic E-state index is -0.509. The fourth-order valence-electron chi connectivity index (χ4n) is 3.19. The van der Waals surface area contributed by atoms with Gasteiger partial charge in [0.05, 0.1) is 0 Å². The summed E-state index contributed by atoms with van der Waals surface area (Å²) >= 11 is 0. The highest BCUT2D eigenvalue weighted by Gasteiger charge is 2.16. The highest BCUT2D eigenvalue weighted by Crippen LogP contribution is 2.17. The van der Waals surface area contributed by atoms with E-state index in [-0.39, 0.29) is 12.1 Å². The van der Waals surface area contributed by atoms with Crippen LogP contribution in [0.1, 0.15) is 124 Å². The number of esters is 1. The molecule has 0 saturated carbocycles. The number of ether oxygens (including phenoxy) is 1. The summed E-state index contributed by atoms with van der Waals surface area (Å²) in [4.78, 5) is 11.8. The molecule has 0 amide bonds. The molecule has 0 rings (SSSR count). The van der Waals surface area contributed by atoms with Crippen LogP contribution in [0.2, 0.25) is 0 Å². The maximum absolute atomic E-state index is 11.8. The van der Waals surface area contributed by atoms with Gasteiger partial charge in [0.25, 0.3) is 0 Å². The lowest BCUT2D eigenvalue weighted by Gasteiger charge is -2.19. The third-order valence-corrected chi connectivity index (χ3v) is 4.91. The summed E-state index contributed by atoms with van der Waals surface area (Å²) in [5, 5.41) is 0. The lowest BCUT2D eigenvalue weighted by molar-refractivity contribution is -0.151. The van der Waals surface area contributed by atoms with Crippen LogP contribution in [0.4, 0.5) is 0 Å². The number of carbonyl (C=O) groups is 1. The molecule has 0 fully saturated rings.